The van der Waals surface area contributed by atoms with Gasteiger partial charge in [-0.05, 0) is 31.7 Å². The van der Waals surface area contributed by atoms with Crippen LogP contribution in [0.4, 0.5) is 0 Å². The molecule has 90 valence electrons. The Morgan fingerprint density at radius 2 is 2.31 bits per heavy atom. The largest absolute Gasteiger partial charge is 0.306 e. The molecule has 0 aromatic carbocycles. The van der Waals surface area contributed by atoms with Crippen LogP contribution in [-0.2, 0) is 7.05 Å². The lowest BCUT2D eigenvalue weighted by molar-refractivity contribution is 0.282. The fraction of sp³-hybridized carbons (Fsp3) is 0.769. The van der Waals surface area contributed by atoms with Gasteiger partial charge in [0.25, 0.3) is 0 Å². The Bertz CT molecular complexity index is 332. The van der Waals surface area contributed by atoms with Gasteiger partial charge in [0.2, 0.25) is 0 Å². The summed E-state index contributed by atoms with van der Waals surface area (Å²) in [7, 11) is 2.01. The average Bonchev–Trinajstić information content (AvgIpc) is 2.64. The monoisotopic (exact) mass is 221 g/mol. The number of aromatic nitrogens is 2. The Hall–Kier alpha value is -0.830. The molecular formula is C13H23N3. The van der Waals surface area contributed by atoms with E-state index in [0.29, 0.717) is 12.1 Å². The van der Waals surface area contributed by atoms with Gasteiger partial charge < -0.3 is 5.32 Å². The van der Waals surface area contributed by atoms with Crippen LogP contribution in [0.1, 0.15) is 51.3 Å². The van der Waals surface area contributed by atoms with Crippen LogP contribution in [0.5, 0.6) is 0 Å². The molecular weight excluding hydrogens is 198 g/mol. The number of rotatable bonds is 3. The summed E-state index contributed by atoms with van der Waals surface area (Å²) in [4.78, 5) is 0. The summed E-state index contributed by atoms with van der Waals surface area (Å²) < 4.78 is 1.96. The lowest BCUT2D eigenvalue weighted by Gasteiger charge is -2.30. The van der Waals surface area contributed by atoms with Crippen LogP contribution < -0.4 is 5.32 Å². The maximum absolute atomic E-state index is 4.22. The Labute approximate surface area is 98.2 Å². The van der Waals surface area contributed by atoms with Crippen molar-refractivity contribution in [1.82, 2.24) is 15.1 Å². The second kappa shape index (κ2) is 5.00. The van der Waals surface area contributed by atoms with E-state index in [1.54, 1.807) is 0 Å². The van der Waals surface area contributed by atoms with Crippen LogP contribution >= 0.6 is 0 Å². The van der Waals surface area contributed by atoms with Crippen molar-refractivity contribution in [3.8, 4) is 0 Å². The molecule has 3 nitrogen and oxygen atoms in total. The number of nitrogens with one attached hydrogen (secondary N) is 1. The average molecular weight is 221 g/mol. The number of aryl methyl sites for hydroxylation is 1. The summed E-state index contributed by atoms with van der Waals surface area (Å²) in [6.45, 7) is 4.60. The van der Waals surface area contributed by atoms with Crippen LogP contribution in [0.25, 0.3) is 0 Å². The maximum Gasteiger partial charge on any atom is 0.0547 e. The molecule has 1 N–H and O–H groups in total. The lowest BCUT2D eigenvalue weighted by atomic mass is 9.86. The number of hydrogen-bond donors (Lipinski definition) is 1. The van der Waals surface area contributed by atoms with E-state index in [1.807, 2.05) is 17.9 Å². The second-order valence-electron chi connectivity index (χ2n) is 5.24. The van der Waals surface area contributed by atoms with Crippen molar-refractivity contribution in [3.63, 3.8) is 0 Å². The first-order chi connectivity index (χ1) is 7.66. The van der Waals surface area contributed by atoms with Crippen LogP contribution in [-0.4, -0.2) is 15.8 Å². The Morgan fingerprint density at radius 1 is 1.50 bits per heavy atom. The van der Waals surface area contributed by atoms with E-state index in [-0.39, 0.29) is 0 Å². The predicted molar refractivity (Wildman–Crippen MR) is 66.2 cm³/mol. The molecule has 1 heterocycles. The van der Waals surface area contributed by atoms with Gasteiger partial charge in [-0.25, -0.2) is 0 Å². The van der Waals surface area contributed by atoms with Gasteiger partial charge in [-0.2, -0.15) is 5.10 Å². The minimum atomic E-state index is 0.405. The number of hydrogen-bond acceptors (Lipinski definition) is 2. The van der Waals surface area contributed by atoms with Crippen molar-refractivity contribution in [1.29, 1.82) is 0 Å². The zero-order valence-corrected chi connectivity index (χ0v) is 10.6. The van der Waals surface area contributed by atoms with E-state index in [0.717, 1.165) is 5.92 Å². The normalized spacial score (nSPS) is 27.9. The topological polar surface area (TPSA) is 29.9 Å². The molecule has 2 rings (SSSR count). The first kappa shape index (κ1) is 11.6. The van der Waals surface area contributed by atoms with E-state index in [1.165, 1.54) is 31.4 Å². The molecule has 3 heteroatoms. The van der Waals surface area contributed by atoms with Crippen molar-refractivity contribution >= 4 is 0 Å². The maximum atomic E-state index is 4.22. The lowest BCUT2D eigenvalue weighted by Crippen LogP contribution is -2.35. The van der Waals surface area contributed by atoms with E-state index >= 15 is 0 Å². The highest BCUT2D eigenvalue weighted by molar-refractivity contribution is 5.05. The van der Waals surface area contributed by atoms with Gasteiger partial charge in [-0.3, -0.25) is 4.68 Å². The van der Waals surface area contributed by atoms with Crippen molar-refractivity contribution in [2.24, 2.45) is 13.0 Å². The zero-order valence-electron chi connectivity index (χ0n) is 10.6. The fourth-order valence-corrected chi connectivity index (χ4v) is 2.83. The van der Waals surface area contributed by atoms with Crippen LogP contribution in [0.3, 0.4) is 0 Å². The molecule has 0 aliphatic heterocycles. The zero-order chi connectivity index (χ0) is 11.5. The molecule has 0 radical (unpaired) electrons. The minimum Gasteiger partial charge on any atom is -0.306 e. The summed E-state index contributed by atoms with van der Waals surface area (Å²) in [5, 5.41) is 7.95. The molecule has 3 unspecified atom stereocenters. The Kier molecular flexibility index (Phi) is 3.64. The van der Waals surface area contributed by atoms with Crippen molar-refractivity contribution in [3.05, 3.63) is 18.0 Å². The van der Waals surface area contributed by atoms with Crippen molar-refractivity contribution < 1.29 is 0 Å². The molecule has 16 heavy (non-hydrogen) atoms. The third kappa shape index (κ3) is 2.64. The molecule has 1 aliphatic carbocycles. The molecule has 0 amide bonds. The first-order valence-corrected chi connectivity index (χ1v) is 6.40. The molecule has 1 saturated carbocycles. The first-order valence-electron chi connectivity index (χ1n) is 6.40. The quantitative estimate of drug-likeness (QED) is 0.850. The minimum absolute atomic E-state index is 0.405. The molecule has 0 spiro atoms. The van der Waals surface area contributed by atoms with Gasteiger partial charge in [0.1, 0.15) is 0 Å². The second-order valence-corrected chi connectivity index (χ2v) is 5.24. The SMILES string of the molecule is CC1CCCC(NC(C)c2ccnn2C)C1. The highest BCUT2D eigenvalue weighted by Crippen LogP contribution is 2.25. The molecule has 1 aliphatic rings. The van der Waals surface area contributed by atoms with E-state index in [4.69, 9.17) is 0 Å². The van der Waals surface area contributed by atoms with Crippen LogP contribution in [0.2, 0.25) is 0 Å². The predicted octanol–water partition coefficient (Wildman–Crippen LogP) is 2.65. The van der Waals surface area contributed by atoms with E-state index in [9.17, 15) is 0 Å². The third-order valence-corrected chi connectivity index (χ3v) is 3.72. The summed E-state index contributed by atoms with van der Waals surface area (Å²) >= 11 is 0. The molecule has 0 saturated heterocycles. The van der Waals surface area contributed by atoms with Crippen LogP contribution in [0.15, 0.2) is 12.3 Å². The summed E-state index contributed by atoms with van der Waals surface area (Å²) in [6, 6.07) is 3.20. The highest BCUT2D eigenvalue weighted by atomic mass is 15.3. The van der Waals surface area contributed by atoms with Gasteiger partial charge in [0.05, 0.1) is 5.69 Å². The molecule has 1 aromatic heterocycles. The van der Waals surface area contributed by atoms with Crippen molar-refractivity contribution in [2.75, 3.05) is 0 Å². The van der Waals surface area contributed by atoms with Gasteiger partial charge in [0, 0.05) is 25.3 Å². The third-order valence-electron chi connectivity index (χ3n) is 3.72. The fourth-order valence-electron chi connectivity index (χ4n) is 2.83. The van der Waals surface area contributed by atoms with Gasteiger partial charge in [0.15, 0.2) is 0 Å². The Balaban J connectivity index is 1.92. The summed E-state index contributed by atoms with van der Waals surface area (Å²) in [5.74, 6) is 0.880. The summed E-state index contributed by atoms with van der Waals surface area (Å²) in [5.41, 5.74) is 1.28. The van der Waals surface area contributed by atoms with Gasteiger partial charge in [-0.1, -0.05) is 19.8 Å². The highest BCUT2D eigenvalue weighted by Gasteiger charge is 2.21. The van der Waals surface area contributed by atoms with Gasteiger partial charge >= 0.3 is 0 Å². The molecule has 0 bridgehead atoms. The number of nitrogens with zero attached hydrogens (tertiary/aromatic N) is 2. The Morgan fingerprint density at radius 3 is 2.94 bits per heavy atom. The van der Waals surface area contributed by atoms with Crippen LogP contribution in [0, 0.1) is 5.92 Å². The smallest absolute Gasteiger partial charge is 0.0547 e. The molecule has 3 atom stereocenters. The summed E-state index contributed by atoms with van der Waals surface area (Å²) in [6.07, 6.45) is 7.29. The molecule has 1 aromatic rings. The molecule has 1 fully saturated rings. The van der Waals surface area contributed by atoms with Crippen molar-refractivity contribution in [2.45, 2.75) is 51.6 Å². The van der Waals surface area contributed by atoms with E-state index in [2.05, 4.69) is 30.3 Å². The standard InChI is InChI=1S/C13H23N3/c1-10-5-4-6-12(9-10)15-11(2)13-7-8-14-16(13)3/h7-8,10-12,15H,4-6,9H2,1-3H3. The van der Waals surface area contributed by atoms with Gasteiger partial charge in [-0.15, -0.1) is 0 Å². The van der Waals surface area contributed by atoms with E-state index < -0.39 is 0 Å².